The highest BCUT2D eigenvalue weighted by atomic mass is 19.1. The number of benzene rings is 1. The van der Waals surface area contributed by atoms with Crippen molar-refractivity contribution in [3.63, 3.8) is 0 Å². The van der Waals surface area contributed by atoms with Gasteiger partial charge in [-0.3, -0.25) is 5.32 Å². The van der Waals surface area contributed by atoms with Crippen LogP contribution in [0.25, 0.3) is 6.08 Å². The zero-order valence-electron chi connectivity index (χ0n) is 11.2. The van der Waals surface area contributed by atoms with Crippen molar-refractivity contribution in [1.29, 1.82) is 0 Å². The van der Waals surface area contributed by atoms with Crippen molar-refractivity contribution in [2.24, 2.45) is 0 Å². The van der Waals surface area contributed by atoms with E-state index >= 15 is 0 Å². The summed E-state index contributed by atoms with van der Waals surface area (Å²) in [5.41, 5.74) is 0.0152. The molecule has 0 radical (unpaired) electrons. The van der Waals surface area contributed by atoms with Gasteiger partial charge in [0.2, 0.25) is 0 Å². The first-order valence-corrected chi connectivity index (χ1v) is 5.89. The number of amides is 1. The molecular formula is C14H18FNO3. The molecular weight excluding hydrogens is 249 g/mol. The summed E-state index contributed by atoms with van der Waals surface area (Å²) in [6, 6.07) is 4.33. The minimum absolute atomic E-state index is 0.0513. The van der Waals surface area contributed by atoms with Crippen LogP contribution in [0.5, 0.6) is 0 Å². The minimum atomic E-state index is -0.704. The second-order valence-electron chi connectivity index (χ2n) is 4.95. The average Bonchev–Trinajstić information content (AvgIpc) is 2.27. The summed E-state index contributed by atoms with van der Waals surface area (Å²) in [7, 11) is 0. The van der Waals surface area contributed by atoms with Gasteiger partial charge in [-0.05, 0) is 38.5 Å². The number of hydrogen-bond acceptors (Lipinski definition) is 3. The summed E-state index contributed by atoms with van der Waals surface area (Å²) in [4.78, 5) is 11.5. The first-order chi connectivity index (χ1) is 8.81. The van der Waals surface area contributed by atoms with Gasteiger partial charge in [0.25, 0.3) is 0 Å². The normalized spacial score (nSPS) is 11.6. The predicted molar refractivity (Wildman–Crippen MR) is 72.4 cm³/mol. The van der Waals surface area contributed by atoms with E-state index in [1.54, 1.807) is 32.9 Å². The fourth-order valence-electron chi connectivity index (χ4n) is 1.34. The maximum absolute atomic E-state index is 13.7. The van der Waals surface area contributed by atoms with E-state index in [2.05, 4.69) is 5.32 Å². The van der Waals surface area contributed by atoms with Crippen LogP contribution in [0.2, 0.25) is 0 Å². The molecule has 104 valence electrons. The van der Waals surface area contributed by atoms with Gasteiger partial charge in [-0.1, -0.05) is 18.2 Å². The van der Waals surface area contributed by atoms with Gasteiger partial charge in [0.05, 0.1) is 12.3 Å². The second kappa shape index (κ2) is 6.33. The van der Waals surface area contributed by atoms with Crippen LogP contribution < -0.4 is 5.32 Å². The third-order valence-electron chi connectivity index (χ3n) is 2.04. The number of rotatable bonds is 3. The summed E-state index contributed by atoms with van der Waals surface area (Å²) in [6.45, 7) is 5.07. The van der Waals surface area contributed by atoms with E-state index in [0.29, 0.717) is 5.56 Å². The van der Waals surface area contributed by atoms with Crippen molar-refractivity contribution in [2.75, 3.05) is 11.9 Å². The third-order valence-corrected chi connectivity index (χ3v) is 2.04. The van der Waals surface area contributed by atoms with Gasteiger partial charge >= 0.3 is 6.09 Å². The molecule has 4 nitrogen and oxygen atoms in total. The Kier molecular flexibility index (Phi) is 5.06. The van der Waals surface area contributed by atoms with Crippen LogP contribution in [0.15, 0.2) is 24.3 Å². The molecule has 0 saturated carbocycles. The number of carbonyl (C=O) groups is 1. The highest BCUT2D eigenvalue weighted by molar-refractivity contribution is 5.85. The molecule has 0 saturated heterocycles. The Morgan fingerprint density at radius 2 is 2.16 bits per heavy atom. The molecule has 0 unspecified atom stereocenters. The van der Waals surface area contributed by atoms with Crippen molar-refractivity contribution >= 4 is 17.9 Å². The third kappa shape index (κ3) is 5.52. The molecule has 5 heteroatoms. The van der Waals surface area contributed by atoms with Crippen molar-refractivity contribution in [3.05, 3.63) is 35.7 Å². The molecule has 0 aliphatic rings. The van der Waals surface area contributed by atoms with Gasteiger partial charge in [-0.15, -0.1) is 0 Å². The fourth-order valence-corrected chi connectivity index (χ4v) is 1.34. The predicted octanol–water partition coefficient (Wildman–Crippen LogP) is 3.18. The van der Waals surface area contributed by atoms with E-state index in [1.807, 2.05) is 0 Å². The maximum Gasteiger partial charge on any atom is 0.412 e. The Balaban J connectivity index is 2.75. The van der Waals surface area contributed by atoms with E-state index in [4.69, 9.17) is 9.84 Å². The fraction of sp³-hybridized carbons (Fsp3) is 0.357. The highest BCUT2D eigenvalue weighted by Crippen LogP contribution is 2.18. The lowest BCUT2D eigenvalue weighted by molar-refractivity contribution is 0.0635. The van der Waals surface area contributed by atoms with Crippen LogP contribution in [0.3, 0.4) is 0 Å². The largest absolute Gasteiger partial charge is 0.444 e. The van der Waals surface area contributed by atoms with E-state index in [0.717, 1.165) is 0 Å². The standard InChI is InChI=1S/C14H18FNO3/c1-14(2,3)19-13(18)16-12-7-6-10(5-4-8-17)9-11(12)15/h4-7,9,17H,8H2,1-3H3,(H,16,18). The van der Waals surface area contributed by atoms with Crippen molar-refractivity contribution in [3.8, 4) is 0 Å². The first kappa shape index (κ1) is 15.2. The van der Waals surface area contributed by atoms with Gasteiger partial charge < -0.3 is 9.84 Å². The Labute approximate surface area is 111 Å². The van der Waals surface area contributed by atoms with Gasteiger partial charge in [0, 0.05) is 0 Å². The molecule has 0 spiro atoms. The summed E-state index contributed by atoms with van der Waals surface area (Å²) in [5.74, 6) is -0.564. The van der Waals surface area contributed by atoms with Crippen LogP contribution in [0, 0.1) is 5.82 Å². The molecule has 1 aromatic rings. The van der Waals surface area contributed by atoms with E-state index < -0.39 is 17.5 Å². The van der Waals surface area contributed by atoms with Gasteiger partial charge in [0.15, 0.2) is 0 Å². The topological polar surface area (TPSA) is 58.6 Å². The Morgan fingerprint density at radius 1 is 1.47 bits per heavy atom. The zero-order valence-corrected chi connectivity index (χ0v) is 11.2. The zero-order chi connectivity index (χ0) is 14.5. The molecule has 0 bridgehead atoms. The highest BCUT2D eigenvalue weighted by Gasteiger charge is 2.17. The number of ether oxygens (including phenoxy) is 1. The molecule has 0 aliphatic heterocycles. The van der Waals surface area contributed by atoms with E-state index in [9.17, 15) is 9.18 Å². The number of nitrogens with one attached hydrogen (secondary N) is 1. The second-order valence-corrected chi connectivity index (χ2v) is 4.95. The van der Waals surface area contributed by atoms with Crippen molar-refractivity contribution in [1.82, 2.24) is 0 Å². The molecule has 1 rings (SSSR count). The molecule has 1 aromatic carbocycles. The van der Waals surface area contributed by atoms with Crippen molar-refractivity contribution in [2.45, 2.75) is 26.4 Å². The lowest BCUT2D eigenvalue weighted by Gasteiger charge is -2.19. The quantitative estimate of drug-likeness (QED) is 0.884. The number of aliphatic hydroxyl groups excluding tert-OH is 1. The van der Waals surface area contributed by atoms with Crippen LogP contribution in [0.1, 0.15) is 26.3 Å². The number of halogens is 1. The van der Waals surface area contributed by atoms with Crippen LogP contribution in [0.4, 0.5) is 14.9 Å². The summed E-state index contributed by atoms with van der Waals surface area (Å²) in [6.07, 6.45) is 2.38. The Morgan fingerprint density at radius 3 is 2.68 bits per heavy atom. The van der Waals surface area contributed by atoms with E-state index in [-0.39, 0.29) is 12.3 Å². The number of anilines is 1. The van der Waals surface area contributed by atoms with Gasteiger partial charge in [0.1, 0.15) is 11.4 Å². The monoisotopic (exact) mass is 267 g/mol. The summed E-state index contributed by atoms with van der Waals surface area (Å²) < 4.78 is 18.7. The van der Waals surface area contributed by atoms with Gasteiger partial charge in [-0.25, -0.2) is 9.18 Å². The molecule has 1 amide bonds. The molecule has 2 N–H and O–H groups in total. The van der Waals surface area contributed by atoms with Crippen LogP contribution in [-0.4, -0.2) is 23.4 Å². The van der Waals surface area contributed by atoms with Crippen LogP contribution in [-0.2, 0) is 4.74 Å². The summed E-state index contributed by atoms with van der Waals surface area (Å²) >= 11 is 0. The molecule has 19 heavy (non-hydrogen) atoms. The smallest absolute Gasteiger partial charge is 0.412 e. The van der Waals surface area contributed by atoms with E-state index in [1.165, 1.54) is 18.2 Å². The minimum Gasteiger partial charge on any atom is -0.444 e. The van der Waals surface area contributed by atoms with Crippen LogP contribution >= 0.6 is 0 Å². The number of hydrogen-bond donors (Lipinski definition) is 2. The molecule has 0 fully saturated rings. The molecule has 0 atom stereocenters. The lowest BCUT2D eigenvalue weighted by atomic mass is 10.2. The number of carbonyl (C=O) groups excluding carboxylic acids is 1. The lowest BCUT2D eigenvalue weighted by Crippen LogP contribution is -2.27. The molecule has 0 aliphatic carbocycles. The summed E-state index contributed by atoms with van der Waals surface area (Å²) in [5, 5.41) is 11.0. The van der Waals surface area contributed by atoms with Crippen molar-refractivity contribution < 1.29 is 19.0 Å². The SMILES string of the molecule is CC(C)(C)OC(=O)Nc1ccc(C=CCO)cc1F. The average molecular weight is 267 g/mol. The maximum atomic E-state index is 13.7. The van der Waals surface area contributed by atoms with Gasteiger partial charge in [-0.2, -0.15) is 0 Å². The Hall–Kier alpha value is -1.88. The molecule has 0 heterocycles. The number of aliphatic hydroxyl groups is 1. The first-order valence-electron chi connectivity index (χ1n) is 5.89. The Bertz CT molecular complexity index is 478. The molecule has 0 aromatic heterocycles.